The van der Waals surface area contributed by atoms with E-state index < -0.39 is 5.60 Å². The van der Waals surface area contributed by atoms with E-state index in [1.165, 1.54) is 0 Å². The van der Waals surface area contributed by atoms with E-state index in [4.69, 9.17) is 15.0 Å². The lowest BCUT2D eigenvalue weighted by Crippen LogP contribution is -2.55. The van der Waals surface area contributed by atoms with Crippen LogP contribution in [0.4, 0.5) is 10.7 Å². The van der Waals surface area contributed by atoms with Crippen LogP contribution >= 0.6 is 0 Å². The van der Waals surface area contributed by atoms with Gasteiger partial charge < -0.3 is 19.1 Å². The lowest BCUT2D eigenvalue weighted by molar-refractivity contribution is 0.0158. The summed E-state index contributed by atoms with van der Waals surface area (Å²) in [6, 6.07) is 17.9. The van der Waals surface area contributed by atoms with E-state index in [0.29, 0.717) is 31.7 Å². The molecule has 166 valence electrons. The molecule has 0 aliphatic carbocycles. The highest BCUT2D eigenvalue weighted by Gasteiger charge is 2.32. The average molecular weight is 432 g/mol. The number of nitriles is 1. The summed E-state index contributed by atoms with van der Waals surface area (Å²) in [7, 11) is 0. The van der Waals surface area contributed by atoms with Crippen molar-refractivity contribution in [1.29, 1.82) is 5.26 Å². The largest absolute Gasteiger partial charge is 0.444 e. The molecular formula is C25H29N5O2. The molecule has 1 aromatic heterocycles. The van der Waals surface area contributed by atoms with E-state index in [0.717, 1.165) is 22.5 Å². The van der Waals surface area contributed by atoms with E-state index in [2.05, 4.69) is 21.6 Å². The number of nitrogens with zero attached hydrogens (tertiary/aromatic N) is 5. The Hall–Kier alpha value is -3.53. The molecule has 3 aromatic rings. The highest BCUT2D eigenvalue weighted by molar-refractivity contribution is 5.79. The van der Waals surface area contributed by atoms with Crippen molar-refractivity contribution >= 4 is 23.1 Å². The summed E-state index contributed by atoms with van der Waals surface area (Å²) in [5.74, 6) is 0.895. The minimum Gasteiger partial charge on any atom is -0.444 e. The van der Waals surface area contributed by atoms with Crippen LogP contribution in [0.5, 0.6) is 0 Å². The van der Waals surface area contributed by atoms with Crippen molar-refractivity contribution in [3.63, 3.8) is 0 Å². The van der Waals surface area contributed by atoms with Gasteiger partial charge in [0, 0.05) is 25.7 Å². The molecule has 1 aliphatic rings. The Labute approximate surface area is 188 Å². The summed E-state index contributed by atoms with van der Waals surface area (Å²) in [5.41, 5.74) is 3.25. The minimum atomic E-state index is -0.511. The molecule has 1 saturated heterocycles. The van der Waals surface area contributed by atoms with E-state index in [-0.39, 0.29) is 12.1 Å². The monoisotopic (exact) mass is 431 g/mol. The molecule has 1 atom stereocenters. The molecule has 4 rings (SSSR count). The van der Waals surface area contributed by atoms with Crippen molar-refractivity contribution in [2.24, 2.45) is 0 Å². The van der Waals surface area contributed by atoms with Crippen LogP contribution in [0.25, 0.3) is 11.0 Å². The van der Waals surface area contributed by atoms with E-state index in [1.54, 1.807) is 4.90 Å². The molecule has 0 unspecified atom stereocenters. The minimum absolute atomic E-state index is 0.00164. The van der Waals surface area contributed by atoms with Crippen molar-refractivity contribution in [2.45, 2.75) is 45.9 Å². The van der Waals surface area contributed by atoms with Gasteiger partial charge in [-0.05, 0) is 57.5 Å². The second-order valence-corrected chi connectivity index (χ2v) is 9.26. The first-order valence-corrected chi connectivity index (χ1v) is 10.9. The highest BCUT2D eigenvalue weighted by atomic mass is 16.6. The third kappa shape index (κ3) is 4.54. The molecule has 1 fully saturated rings. The molecule has 0 spiro atoms. The molecule has 2 heterocycles. The Bertz CT molecular complexity index is 1150. The second-order valence-electron chi connectivity index (χ2n) is 9.26. The number of para-hydroxylation sites is 2. The van der Waals surface area contributed by atoms with Gasteiger partial charge in [0.25, 0.3) is 0 Å². The van der Waals surface area contributed by atoms with Gasteiger partial charge in [0.1, 0.15) is 5.60 Å². The maximum absolute atomic E-state index is 12.6. The summed E-state index contributed by atoms with van der Waals surface area (Å²) in [5, 5.41) is 9.08. The van der Waals surface area contributed by atoms with Gasteiger partial charge in [-0.2, -0.15) is 5.26 Å². The zero-order chi connectivity index (χ0) is 22.9. The quantitative estimate of drug-likeness (QED) is 0.614. The number of benzene rings is 2. The maximum atomic E-state index is 12.6. The van der Waals surface area contributed by atoms with E-state index >= 15 is 0 Å². The number of anilines is 1. The number of carbonyl (C=O) groups excluding carboxylic acids is 1. The van der Waals surface area contributed by atoms with Crippen molar-refractivity contribution in [2.75, 3.05) is 24.5 Å². The smallest absolute Gasteiger partial charge is 0.410 e. The zero-order valence-corrected chi connectivity index (χ0v) is 19.1. The topological polar surface area (TPSA) is 74.4 Å². The fourth-order valence-electron chi connectivity index (χ4n) is 4.06. The van der Waals surface area contributed by atoms with Crippen molar-refractivity contribution < 1.29 is 9.53 Å². The number of hydrogen-bond donors (Lipinski definition) is 0. The lowest BCUT2D eigenvalue weighted by Gasteiger charge is -2.40. The molecule has 2 aromatic carbocycles. The molecule has 0 N–H and O–H groups in total. The molecule has 32 heavy (non-hydrogen) atoms. The second kappa shape index (κ2) is 8.54. The first-order chi connectivity index (χ1) is 15.2. The molecule has 1 amide bonds. The van der Waals surface area contributed by atoms with Crippen LogP contribution in [0.15, 0.2) is 48.5 Å². The Morgan fingerprint density at radius 3 is 2.53 bits per heavy atom. The summed E-state index contributed by atoms with van der Waals surface area (Å²) < 4.78 is 7.80. The van der Waals surface area contributed by atoms with E-state index in [1.807, 2.05) is 70.2 Å². The number of aromatic nitrogens is 2. The predicted molar refractivity (Wildman–Crippen MR) is 125 cm³/mol. The van der Waals surface area contributed by atoms with Crippen LogP contribution in [0.1, 0.15) is 38.8 Å². The Kier molecular flexibility index (Phi) is 5.79. The van der Waals surface area contributed by atoms with Crippen molar-refractivity contribution in [1.82, 2.24) is 14.5 Å². The van der Waals surface area contributed by atoms with Gasteiger partial charge in [-0.1, -0.05) is 24.3 Å². The average Bonchev–Trinajstić information content (AvgIpc) is 3.11. The van der Waals surface area contributed by atoms with Crippen LogP contribution in [-0.2, 0) is 11.3 Å². The third-order valence-corrected chi connectivity index (χ3v) is 5.60. The Morgan fingerprint density at radius 1 is 1.16 bits per heavy atom. The van der Waals surface area contributed by atoms with E-state index in [9.17, 15) is 4.79 Å². The zero-order valence-electron chi connectivity index (χ0n) is 19.1. The van der Waals surface area contributed by atoms with Gasteiger partial charge in [-0.15, -0.1) is 0 Å². The van der Waals surface area contributed by atoms with Crippen LogP contribution in [0.3, 0.4) is 0 Å². The predicted octanol–water partition coefficient (Wildman–Crippen LogP) is 4.40. The lowest BCUT2D eigenvalue weighted by atomic mass is 10.1. The third-order valence-electron chi connectivity index (χ3n) is 5.60. The molecule has 0 bridgehead atoms. The van der Waals surface area contributed by atoms with Crippen molar-refractivity contribution in [3.8, 4) is 6.07 Å². The highest BCUT2D eigenvalue weighted by Crippen LogP contribution is 2.27. The SMILES string of the molecule is C[C@@H]1CN(c2nc3ccccc3n2Cc2ccc(C#N)cc2)CCN1C(=O)OC(C)(C)C. The van der Waals surface area contributed by atoms with Gasteiger partial charge in [-0.3, -0.25) is 0 Å². The van der Waals surface area contributed by atoms with Gasteiger partial charge >= 0.3 is 6.09 Å². The van der Waals surface area contributed by atoms with Gasteiger partial charge in [0.15, 0.2) is 0 Å². The normalized spacial score (nSPS) is 16.8. The standard InChI is InChI=1S/C25H29N5O2/c1-18-16-28(13-14-29(18)24(31)32-25(2,3)4)23-27-21-7-5-6-8-22(21)30(23)17-20-11-9-19(15-26)10-12-20/h5-12,18H,13-14,16-17H2,1-4H3/t18-/m1/s1. The fraction of sp³-hybridized carbons (Fsp3) is 0.400. The summed E-state index contributed by atoms with van der Waals surface area (Å²) in [4.78, 5) is 21.6. The number of fused-ring (bicyclic) bond motifs is 1. The van der Waals surface area contributed by atoms with Gasteiger partial charge in [-0.25, -0.2) is 9.78 Å². The number of rotatable bonds is 3. The molecule has 0 saturated carbocycles. The fourth-order valence-corrected chi connectivity index (χ4v) is 4.06. The Morgan fingerprint density at radius 2 is 1.88 bits per heavy atom. The summed E-state index contributed by atoms with van der Waals surface area (Å²) >= 11 is 0. The van der Waals surface area contributed by atoms with Crippen LogP contribution in [0.2, 0.25) is 0 Å². The summed E-state index contributed by atoms with van der Waals surface area (Å²) in [6.45, 7) is 10.3. The number of imidazole rings is 1. The maximum Gasteiger partial charge on any atom is 0.410 e. The number of ether oxygens (including phenoxy) is 1. The first kappa shape index (κ1) is 21.7. The van der Waals surface area contributed by atoms with Crippen molar-refractivity contribution in [3.05, 3.63) is 59.7 Å². The molecule has 7 nitrogen and oxygen atoms in total. The van der Waals surface area contributed by atoms with Gasteiger partial charge in [0.2, 0.25) is 5.95 Å². The number of carbonyl (C=O) groups is 1. The molecule has 1 aliphatic heterocycles. The van der Waals surface area contributed by atoms with Crippen LogP contribution in [0, 0.1) is 11.3 Å². The Balaban J connectivity index is 1.60. The van der Waals surface area contributed by atoms with Gasteiger partial charge in [0.05, 0.1) is 29.2 Å². The van der Waals surface area contributed by atoms with Crippen LogP contribution in [-0.4, -0.2) is 51.8 Å². The number of hydrogen-bond acceptors (Lipinski definition) is 5. The number of piperazine rings is 1. The number of amides is 1. The first-order valence-electron chi connectivity index (χ1n) is 10.9. The summed E-state index contributed by atoms with van der Waals surface area (Å²) in [6.07, 6.45) is -0.268. The van der Waals surface area contributed by atoms with Crippen LogP contribution < -0.4 is 4.90 Å². The molecule has 7 heteroatoms. The molecule has 0 radical (unpaired) electrons. The molecular weight excluding hydrogens is 402 g/mol.